The number of aromatic nitrogens is 1. The third kappa shape index (κ3) is 3.01. The summed E-state index contributed by atoms with van der Waals surface area (Å²) < 4.78 is 4.99. The lowest BCUT2D eigenvalue weighted by molar-refractivity contribution is 0.0527. The van der Waals surface area contributed by atoms with Gasteiger partial charge >= 0.3 is 5.97 Å². The molecule has 1 aromatic heterocycles. The van der Waals surface area contributed by atoms with Gasteiger partial charge in [-0.05, 0) is 31.7 Å². The summed E-state index contributed by atoms with van der Waals surface area (Å²) >= 11 is 0. The maximum Gasteiger partial charge on any atom is 0.340 e. The number of carbonyl (C=O) groups is 1. The molecule has 20 heavy (non-hydrogen) atoms. The standard InChI is InChI=1S/C14H21N3O3/c1-2-20-14(19)11-3-6-16-13(12(11)15)17-7-4-10(9-17)5-8-18/h3,6,10,18H,2,4-5,7-9,15H2,1H3. The molecule has 0 radical (unpaired) electrons. The van der Waals surface area contributed by atoms with E-state index in [0.717, 1.165) is 25.9 Å². The van der Waals surface area contributed by atoms with Crippen molar-refractivity contribution in [1.29, 1.82) is 0 Å². The van der Waals surface area contributed by atoms with Crippen LogP contribution in [0.15, 0.2) is 12.3 Å². The van der Waals surface area contributed by atoms with E-state index in [1.807, 2.05) is 0 Å². The van der Waals surface area contributed by atoms with Crippen molar-refractivity contribution in [2.24, 2.45) is 5.92 Å². The number of aliphatic hydroxyl groups is 1. The molecule has 1 aromatic rings. The summed E-state index contributed by atoms with van der Waals surface area (Å²) in [6.07, 6.45) is 3.37. The Morgan fingerprint density at radius 3 is 3.15 bits per heavy atom. The van der Waals surface area contributed by atoms with Gasteiger partial charge in [-0.1, -0.05) is 0 Å². The summed E-state index contributed by atoms with van der Waals surface area (Å²) in [6, 6.07) is 1.58. The highest BCUT2D eigenvalue weighted by atomic mass is 16.5. The third-order valence-electron chi connectivity index (χ3n) is 3.59. The van der Waals surface area contributed by atoms with Crippen LogP contribution >= 0.6 is 0 Å². The van der Waals surface area contributed by atoms with Crippen LogP contribution in [0.3, 0.4) is 0 Å². The Labute approximate surface area is 118 Å². The Kier molecular flexibility index (Phi) is 4.79. The van der Waals surface area contributed by atoms with E-state index in [9.17, 15) is 4.79 Å². The minimum absolute atomic E-state index is 0.199. The molecular weight excluding hydrogens is 258 g/mol. The van der Waals surface area contributed by atoms with Gasteiger partial charge in [0.25, 0.3) is 0 Å². The number of rotatable bonds is 5. The van der Waals surface area contributed by atoms with Crippen LogP contribution in [0.1, 0.15) is 30.1 Å². The number of nitrogens with two attached hydrogens (primary N) is 1. The molecule has 2 rings (SSSR count). The van der Waals surface area contributed by atoms with Crippen LogP contribution in [0.5, 0.6) is 0 Å². The first kappa shape index (κ1) is 14.6. The summed E-state index contributed by atoms with van der Waals surface area (Å²) in [6.45, 7) is 3.93. The summed E-state index contributed by atoms with van der Waals surface area (Å²) in [5.41, 5.74) is 6.79. The molecule has 1 aliphatic heterocycles. The molecule has 2 heterocycles. The molecule has 110 valence electrons. The van der Waals surface area contributed by atoms with E-state index >= 15 is 0 Å². The second-order valence-corrected chi connectivity index (χ2v) is 4.93. The van der Waals surface area contributed by atoms with Crippen LogP contribution in [-0.4, -0.2) is 42.4 Å². The Hall–Kier alpha value is -1.82. The number of anilines is 2. The molecule has 0 bridgehead atoms. The first-order valence-electron chi connectivity index (χ1n) is 6.94. The zero-order valence-electron chi connectivity index (χ0n) is 11.7. The minimum atomic E-state index is -0.417. The van der Waals surface area contributed by atoms with Crippen LogP contribution in [0.2, 0.25) is 0 Å². The molecule has 1 atom stereocenters. The van der Waals surface area contributed by atoms with Gasteiger partial charge in [-0.15, -0.1) is 0 Å². The van der Waals surface area contributed by atoms with Gasteiger partial charge in [-0.2, -0.15) is 0 Å². The topological polar surface area (TPSA) is 88.7 Å². The van der Waals surface area contributed by atoms with Crippen molar-refractivity contribution in [3.63, 3.8) is 0 Å². The molecule has 0 aromatic carbocycles. The smallest absolute Gasteiger partial charge is 0.340 e. The molecule has 6 nitrogen and oxygen atoms in total. The van der Waals surface area contributed by atoms with E-state index in [2.05, 4.69) is 9.88 Å². The lowest BCUT2D eigenvalue weighted by Crippen LogP contribution is -2.23. The normalized spacial score (nSPS) is 18.3. The van der Waals surface area contributed by atoms with Gasteiger partial charge in [0, 0.05) is 25.9 Å². The summed E-state index contributed by atoms with van der Waals surface area (Å²) in [7, 11) is 0. The fourth-order valence-electron chi connectivity index (χ4n) is 2.54. The predicted molar refractivity (Wildman–Crippen MR) is 76.6 cm³/mol. The summed E-state index contributed by atoms with van der Waals surface area (Å²) in [5, 5.41) is 8.99. The Morgan fingerprint density at radius 1 is 1.65 bits per heavy atom. The van der Waals surface area contributed by atoms with Crippen molar-refractivity contribution in [2.75, 3.05) is 36.9 Å². The van der Waals surface area contributed by atoms with Crippen molar-refractivity contribution in [1.82, 2.24) is 4.98 Å². The van der Waals surface area contributed by atoms with E-state index in [4.69, 9.17) is 15.6 Å². The van der Waals surface area contributed by atoms with Crippen LogP contribution in [0.25, 0.3) is 0 Å². The van der Waals surface area contributed by atoms with Gasteiger partial charge in [0.15, 0.2) is 5.82 Å². The summed E-state index contributed by atoms with van der Waals surface area (Å²) in [4.78, 5) is 18.2. The SMILES string of the molecule is CCOC(=O)c1ccnc(N2CCC(CCO)C2)c1N. The molecule has 0 saturated carbocycles. The zero-order chi connectivity index (χ0) is 14.5. The van der Waals surface area contributed by atoms with Gasteiger partial charge in [0.05, 0.1) is 17.9 Å². The number of ether oxygens (including phenoxy) is 1. The quantitative estimate of drug-likeness (QED) is 0.783. The molecule has 1 aliphatic rings. The molecule has 1 fully saturated rings. The maximum absolute atomic E-state index is 11.8. The van der Waals surface area contributed by atoms with Gasteiger partial charge in [0.2, 0.25) is 0 Å². The third-order valence-corrected chi connectivity index (χ3v) is 3.59. The number of hydrogen-bond acceptors (Lipinski definition) is 6. The molecule has 1 unspecified atom stereocenters. The van der Waals surface area contributed by atoms with E-state index in [0.29, 0.717) is 29.6 Å². The van der Waals surface area contributed by atoms with Gasteiger partial charge < -0.3 is 20.5 Å². The Bertz CT molecular complexity index is 479. The van der Waals surface area contributed by atoms with E-state index < -0.39 is 5.97 Å². The average Bonchev–Trinajstić information content (AvgIpc) is 2.88. The number of hydrogen-bond donors (Lipinski definition) is 2. The van der Waals surface area contributed by atoms with Crippen LogP contribution in [0, 0.1) is 5.92 Å². The number of aliphatic hydroxyl groups excluding tert-OH is 1. The van der Waals surface area contributed by atoms with Crippen LogP contribution < -0.4 is 10.6 Å². The van der Waals surface area contributed by atoms with Crippen molar-refractivity contribution >= 4 is 17.5 Å². The Balaban J connectivity index is 2.17. The zero-order valence-corrected chi connectivity index (χ0v) is 11.7. The molecule has 1 saturated heterocycles. The maximum atomic E-state index is 11.8. The second kappa shape index (κ2) is 6.56. The lowest BCUT2D eigenvalue weighted by atomic mass is 10.1. The first-order chi connectivity index (χ1) is 9.67. The lowest BCUT2D eigenvalue weighted by Gasteiger charge is -2.20. The highest BCUT2D eigenvalue weighted by molar-refractivity contribution is 5.97. The predicted octanol–water partition coefficient (Wildman–Crippen LogP) is 1.05. The van der Waals surface area contributed by atoms with Crippen molar-refractivity contribution in [2.45, 2.75) is 19.8 Å². The largest absolute Gasteiger partial charge is 0.462 e. The highest BCUT2D eigenvalue weighted by Gasteiger charge is 2.26. The fourth-order valence-corrected chi connectivity index (χ4v) is 2.54. The Morgan fingerprint density at radius 2 is 2.45 bits per heavy atom. The molecule has 0 aliphatic carbocycles. The van der Waals surface area contributed by atoms with Crippen molar-refractivity contribution in [3.05, 3.63) is 17.8 Å². The first-order valence-corrected chi connectivity index (χ1v) is 6.94. The van der Waals surface area contributed by atoms with Crippen LogP contribution in [-0.2, 0) is 4.74 Å². The van der Waals surface area contributed by atoms with Crippen molar-refractivity contribution < 1.29 is 14.6 Å². The number of carbonyl (C=O) groups excluding carboxylic acids is 1. The van der Waals surface area contributed by atoms with E-state index in [1.165, 1.54) is 0 Å². The number of pyridine rings is 1. The molecule has 3 N–H and O–H groups in total. The number of nitrogens with zero attached hydrogens (tertiary/aromatic N) is 2. The average molecular weight is 279 g/mol. The molecular formula is C14H21N3O3. The fraction of sp³-hybridized carbons (Fsp3) is 0.571. The van der Waals surface area contributed by atoms with Crippen LogP contribution in [0.4, 0.5) is 11.5 Å². The molecule has 0 amide bonds. The monoisotopic (exact) mass is 279 g/mol. The highest BCUT2D eigenvalue weighted by Crippen LogP contribution is 2.30. The number of esters is 1. The van der Waals surface area contributed by atoms with E-state index in [1.54, 1.807) is 19.2 Å². The molecule has 0 spiro atoms. The molecule has 6 heteroatoms. The minimum Gasteiger partial charge on any atom is -0.462 e. The van der Waals surface area contributed by atoms with Gasteiger partial charge in [-0.3, -0.25) is 0 Å². The number of nitrogen functional groups attached to an aromatic ring is 1. The van der Waals surface area contributed by atoms with Gasteiger partial charge in [-0.25, -0.2) is 9.78 Å². The second-order valence-electron chi connectivity index (χ2n) is 4.93. The van der Waals surface area contributed by atoms with Crippen molar-refractivity contribution in [3.8, 4) is 0 Å². The van der Waals surface area contributed by atoms with E-state index in [-0.39, 0.29) is 6.61 Å². The summed E-state index contributed by atoms with van der Waals surface area (Å²) in [5.74, 6) is 0.670. The van der Waals surface area contributed by atoms with Gasteiger partial charge in [0.1, 0.15) is 0 Å².